The Morgan fingerprint density at radius 1 is 1.26 bits per heavy atom. The molecule has 5 heteroatoms. The molecule has 0 fully saturated rings. The van der Waals surface area contributed by atoms with Crippen molar-refractivity contribution < 1.29 is 9.50 Å². The summed E-state index contributed by atoms with van der Waals surface area (Å²) < 4.78 is 13.2. The van der Waals surface area contributed by atoms with Crippen molar-refractivity contribution >= 4 is 17.3 Å². The molecule has 2 aromatic carbocycles. The third-order valence-electron chi connectivity index (χ3n) is 2.59. The molecule has 0 bridgehead atoms. The number of rotatable bonds is 3. The predicted molar refractivity (Wildman–Crippen MR) is 71.6 cm³/mol. The van der Waals surface area contributed by atoms with Crippen LogP contribution in [0.2, 0.25) is 5.02 Å². The zero-order valence-electron chi connectivity index (χ0n) is 9.82. The van der Waals surface area contributed by atoms with Gasteiger partial charge < -0.3 is 10.4 Å². The van der Waals surface area contributed by atoms with E-state index in [1.165, 1.54) is 12.1 Å². The van der Waals surface area contributed by atoms with Crippen LogP contribution in [0.4, 0.5) is 10.1 Å². The Bertz CT molecular complexity index is 652. The first kappa shape index (κ1) is 13.2. The summed E-state index contributed by atoms with van der Waals surface area (Å²) in [6, 6.07) is 11.0. The molecule has 2 aromatic rings. The quantitative estimate of drug-likeness (QED) is 0.899. The number of benzene rings is 2. The van der Waals surface area contributed by atoms with Crippen LogP contribution in [0.1, 0.15) is 11.1 Å². The van der Waals surface area contributed by atoms with Gasteiger partial charge in [0.15, 0.2) is 11.6 Å². The van der Waals surface area contributed by atoms with E-state index >= 15 is 0 Å². The normalized spacial score (nSPS) is 9.95. The van der Waals surface area contributed by atoms with Gasteiger partial charge in [-0.1, -0.05) is 17.7 Å². The smallest absolute Gasteiger partial charge is 0.165 e. The molecule has 0 aromatic heterocycles. The zero-order valence-corrected chi connectivity index (χ0v) is 10.6. The Labute approximate surface area is 114 Å². The minimum absolute atomic E-state index is 0.339. The van der Waals surface area contributed by atoms with E-state index in [1.54, 1.807) is 24.3 Å². The lowest BCUT2D eigenvalue weighted by Crippen LogP contribution is -2.00. The Morgan fingerprint density at radius 2 is 2.05 bits per heavy atom. The van der Waals surface area contributed by atoms with Gasteiger partial charge >= 0.3 is 0 Å². The lowest BCUT2D eigenvalue weighted by molar-refractivity contribution is 0.432. The Kier molecular flexibility index (Phi) is 3.88. The number of hydrogen-bond acceptors (Lipinski definition) is 3. The van der Waals surface area contributed by atoms with Gasteiger partial charge in [-0.05, 0) is 35.9 Å². The molecule has 0 heterocycles. The summed E-state index contributed by atoms with van der Waals surface area (Å²) in [5, 5.41) is 21.4. The topological polar surface area (TPSA) is 56.0 Å². The van der Waals surface area contributed by atoms with Crippen LogP contribution in [-0.4, -0.2) is 5.11 Å². The minimum atomic E-state index is -0.670. The highest BCUT2D eigenvalue weighted by Crippen LogP contribution is 2.24. The third-order valence-corrected chi connectivity index (χ3v) is 2.92. The number of halogens is 2. The van der Waals surface area contributed by atoms with Crippen LogP contribution < -0.4 is 5.32 Å². The van der Waals surface area contributed by atoms with Crippen molar-refractivity contribution in [3.8, 4) is 11.8 Å². The standard InChI is InChI=1S/C14H10ClFN2O/c15-11-3-1-9(7-17)6-13(11)18-8-10-2-4-14(19)12(16)5-10/h1-6,18-19H,8H2. The van der Waals surface area contributed by atoms with Crippen molar-refractivity contribution in [2.24, 2.45) is 0 Å². The number of anilines is 1. The molecule has 0 saturated heterocycles. The number of aromatic hydroxyl groups is 1. The lowest BCUT2D eigenvalue weighted by Gasteiger charge is -2.09. The van der Waals surface area contributed by atoms with Gasteiger partial charge in [-0.15, -0.1) is 0 Å². The zero-order chi connectivity index (χ0) is 13.8. The molecule has 96 valence electrons. The summed E-state index contributed by atoms with van der Waals surface area (Å²) in [4.78, 5) is 0. The Balaban J connectivity index is 2.14. The largest absolute Gasteiger partial charge is 0.505 e. The summed E-state index contributed by atoms with van der Waals surface area (Å²) in [6.45, 7) is 0.339. The number of nitriles is 1. The molecule has 19 heavy (non-hydrogen) atoms. The highest BCUT2D eigenvalue weighted by Gasteiger charge is 2.04. The molecule has 0 amide bonds. The second kappa shape index (κ2) is 5.59. The van der Waals surface area contributed by atoms with Crippen LogP contribution in [0.15, 0.2) is 36.4 Å². The van der Waals surface area contributed by atoms with E-state index in [4.69, 9.17) is 22.0 Å². The van der Waals surface area contributed by atoms with Crippen molar-refractivity contribution in [1.29, 1.82) is 5.26 Å². The highest BCUT2D eigenvalue weighted by atomic mass is 35.5. The van der Waals surface area contributed by atoms with Gasteiger partial charge in [-0.2, -0.15) is 5.26 Å². The number of nitrogens with zero attached hydrogens (tertiary/aromatic N) is 1. The van der Waals surface area contributed by atoms with Crippen molar-refractivity contribution in [3.05, 3.63) is 58.4 Å². The van der Waals surface area contributed by atoms with E-state index < -0.39 is 5.82 Å². The second-order valence-electron chi connectivity index (χ2n) is 3.95. The molecule has 0 saturated carbocycles. The molecular formula is C14H10ClFN2O. The molecule has 0 atom stereocenters. The molecule has 0 radical (unpaired) electrons. The van der Waals surface area contributed by atoms with Gasteiger partial charge in [0, 0.05) is 6.54 Å². The van der Waals surface area contributed by atoms with Gasteiger partial charge in [0.05, 0.1) is 22.3 Å². The van der Waals surface area contributed by atoms with Crippen molar-refractivity contribution in [2.45, 2.75) is 6.54 Å². The van der Waals surface area contributed by atoms with Crippen LogP contribution in [0.5, 0.6) is 5.75 Å². The summed E-state index contributed by atoms with van der Waals surface area (Å²) in [5.41, 5.74) is 1.76. The van der Waals surface area contributed by atoms with Crippen LogP contribution in [0.25, 0.3) is 0 Å². The molecule has 2 rings (SSSR count). The SMILES string of the molecule is N#Cc1ccc(Cl)c(NCc2ccc(O)c(F)c2)c1. The lowest BCUT2D eigenvalue weighted by atomic mass is 10.2. The van der Waals surface area contributed by atoms with E-state index in [1.807, 2.05) is 6.07 Å². The predicted octanol–water partition coefficient (Wildman–Crippen LogP) is 3.67. The molecule has 0 aliphatic rings. The number of phenols is 1. The van der Waals surface area contributed by atoms with Crippen molar-refractivity contribution in [3.63, 3.8) is 0 Å². The summed E-state index contributed by atoms with van der Waals surface area (Å²) in [5.74, 6) is -1.05. The van der Waals surface area contributed by atoms with E-state index in [2.05, 4.69) is 5.32 Å². The summed E-state index contributed by atoms with van der Waals surface area (Å²) >= 11 is 5.99. The Hall–Kier alpha value is -2.25. The van der Waals surface area contributed by atoms with E-state index in [-0.39, 0.29) is 5.75 Å². The van der Waals surface area contributed by atoms with E-state index in [0.717, 1.165) is 0 Å². The second-order valence-corrected chi connectivity index (χ2v) is 4.35. The molecule has 0 aliphatic carbocycles. The van der Waals surface area contributed by atoms with Crippen LogP contribution in [0.3, 0.4) is 0 Å². The third kappa shape index (κ3) is 3.15. The average molecular weight is 277 g/mol. The van der Waals surface area contributed by atoms with Gasteiger partial charge in [0.25, 0.3) is 0 Å². The molecular weight excluding hydrogens is 267 g/mol. The number of hydrogen-bond donors (Lipinski definition) is 2. The van der Waals surface area contributed by atoms with Crippen LogP contribution in [-0.2, 0) is 6.54 Å². The first-order chi connectivity index (χ1) is 9.10. The fourth-order valence-electron chi connectivity index (χ4n) is 1.59. The van der Waals surface area contributed by atoms with Crippen LogP contribution in [0, 0.1) is 17.1 Å². The summed E-state index contributed by atoms with van der Waals surface area (Å²) in [6.07, 6.45) is 0. The molecule has 0 aliphatic heterocycles. The molecule has 0 spiro atoms. The fourth-order valence-corrected chi connectivity index (χ4v) is 1.77. The van der Waals surface area contributed by atoms with Crippen molar-refractivity contribution in [2.75, 3.05) is 5.32 Å². The van der Waals surface area contributed by atoms with Crippen molar-refractivity contribution in [1.82, 2.24) is 0 Å². The van der Waals surface area contributed by atoms with Gasteiger partial charge in [-0.25, -0.2) is 4.39 Å². The Morgan fingerprint density at radius 3 is 2.74 bits per heavy atom. The van der Waals surface area contributed by atoms with Crippen LogP contribution >= 0.6 is 11.6 Å². The molecule has 2 N–H and O–H groups in total. The molecule has 3 nitrogen and oxygen atoms in total. The maximum atomic E-state index is 13.2. The van der Waals surface area contributed by atoms with E-state index in [0.29, 0.717) is 28.4 Å². The highest BCUT2D eigenvalue weighted by molar-refractivity contribution is 6.33. The average Bonchev–Trinajstić information content (AvgIpc) is 2.41. The first-order valence-corrected chi connectivity index (χ1v) is 5.89. The van der Waals surface area contributed by atoms with Gasteiger partial charge in [0.2, 0.25) is 0 Å². The van der Waals surface area contributed by atoms with E-state index in [9.17, 15) is 4.39 Å². The number of nitrogens with one attached hydrogen (secondary N) is 1. The van der Waals surface area contributed by atoms with Gasteiger partial charge in [0.1, 0.15) is 0 Å². The monoisotopic (exact) mass is 276 g/mol. The minimum Gasteiger partial charge on any atom is -0.505 e. The maximum Gasteiger partial charge on any atom is 0.165 e. The first-order valence-electron chi connectivity index (χ1n) is 5.51. The van der Waals surface area contributed by atoms with Gasteiger partial charge in [-0.3, -0.25) is 0 Å². The fraction of sp³-hybridized carbons (Fsp3) is 0.0714. The number of phenolic OH excluding ortho intramolecular Hbond substituents is 1. The maximum absolute atomic E-state index is 13.2. The molecule has 0 unspecified atom stereocenters. The summed E-state index contributed by atoms with van der Waals surface area (Å²) in [7, 11) is 0.